The molecule has 0 heterocycles. The molecule has 0 spiro atoms. The maximum absolute atomic E-state index is 11.3. The van der Waals surface area contributed by atoms with Crippen LogP contribution in [0, 0.1) is 3.57 Å². The molecule has 74 valence electrons. The molecule has 0 radical (unpaired) electrons. The maximum atomic E-state index is 11.3. The van der Waals surface area contributed by atoms with E-state index in [-0.39, 0.29) is 16.7 Å². The van der Waals surface area contributed by atoms with E-state index in [2.05, 4.69) is 15.9 Å². The molecule has 0 atom stereocenters. The van der Waals surface area contributed by atoms with E-state index < -0.39 is 5.97 Å². The lowest BCUT2D eigenvalue weighted by Crippen LogP contribution is -2.05. The van der Waals surface area contributed by atoms with Crippen molar-refractivity contribution in [1.82, 2.24) is 0 Å². The molecule has 1 rings (SSSR count). The van der Waals surface area contributed by atoms with E-state index in [9.17, 15) is 9.59 Å². The molecule has 0 aliphatic heterocycles. The molecule has 5 heteroatoms. The number of hydrogen-bond donors (Lipinski definition) is 1. The summed E-state index contributed by atoms with van der Waals surface area (Å²) < 4.78 is 0.626. The Kier molecular flexibility index (Phi) is 4.06. The Morgan fingerprint density at radius 1 is 1.43 bits per heavy atom. The second-order valence-corrected chi connectivity index (χ2v) is 4.28. The Hall–Kier alpha value is -0.430. The van der Waals surface area contributed by atoms with Gasteiger partial charge in [0.05, 0.1) is 10.9 Å². The largest absolute Gasteiger partial charge is 0.478 e. The van der Waals surface area contributed by atoms with Crippen LogP contribution >= 0.6 is 38.5 Å². The summed E-state index contributed by atoms with van der Waals surface area (Å²) in [6.45, 7) is 0. The van der Waals surface area contributed by atoms with Crippen molar-refractivity contribution in [2.24, 2.45) is 0 Å². The molecule has 1 aromatic carbocycles. The molecule has 14 heavy (non-hydrogen) atoms. The van der Waals surface area contributed by atoms with E-state index >= 15 is 0 Å². The van der Waals surface area contributed by atoms with Gasteiger partial charge >= 0.3 is 5.97 Å². The lowest BCUT2D eigenvalue weighted by atomic mass is 10.1. The predicted molar refractivity (Wildman–Crippen MR) is 64.2 cm³/mol. The highest BCUT2D eigenvalue weighted by molar-refractivity contribution is 14.1. The summed E-state index contributed by atoms with van der Waals surface area (Å²) in [6, 6.07) is 4.64. The zero-order valence-electron chi connectivity index (χ0n) is 6.96. The number of benzene rings is 1. The first-order valence-electron chi connectivity index (χ1n) is 3.68. The van der Waals surface area contributed by atoms with Gasteiger partial charge in [-0.15, -0.1) is 0 Å². The van der Waals surface area contributed by atoms with Gasteiger partial charge in [-0.2, -0.15) is 0 Å². The van der Waals surface area contributed by atoms with Crippen LogP contribution in [0.1, 0.15) is 20.7 Å². The van der Waals surface area contributed by atoms with Crippen molar-refractivity contribution in [1.29, 1.82) is 0 Å². The first-order chi connectivity index (χ1) is 6.56. The average Bonchev–Trinajstić information content (AvgIpc) is 2.17. The van der Waals surface area contributed by atoms with Crippen molar-refractivity contribution in [3.8, 4) is 0 Å². The van der Waals surface area contributed by atoms with Gasteiger partial charge in [-0.3, -0.25) is 4.79 Å². The Labute approximate surface area is 103 Å². The second-order valence-electron chi connectivity index (χ2n) is 2.56. The first-order valence-corrected chi connectivity index (χ1v) is 5.88. The highest BCUT2D eigenvalue weighted by atomic mass is 127. The molecule has 0 bridgehead atoms. The SMILES string of the molecule is O=C(CBr)c1ccc(I)c(C(=O)O)c1. The zero-order valence-corrected chi connectivity index (χ0v) is 10.7. The summed E-state index contributed by atoms with van der Waals surface area (Å²) in [5.41, 5.74) is 0.581. The molecule has 0 aromatic heterocycles. The van der Waals surface area contributed by atoms with Crippen LogP contribution in [0.4, 0.5) is 0 Å². The third-order valence-electron chi connectivity index (χ3n) is 1.64. The summed E-state index contributed by atoms with van der Waals surface area (Å²) in [7, 11) is 0. The summed E-state index contributed by atoms with van der Waals surface area (Å²) in [5.74, 6) is -1.14. The van der Waals surface area contributed by atoms with Gasteiger partial charge in [0, 0.05) is 9.13 Å². The standard InChI is InChI=1S/C9H6BrIO3/c10-4-8(12)5-1-2-7(11)6(3-5)9(13)14/h1-3H,4H2,(H,13,14). The lowest BCUT2D eigenvalue weighted by Gasteiger charge is -2.01. The number of alkyl halides is 1. The monoisotopic (exact) mass is 368 g/mol. The molecule has 0 aliphatic rings. The number of ketones is 1. The van der Waals surface area contributed by atoms with Crippen LogP contribution < -0.4 is 0 Å². The fourth-order valence-corrected chi connectivity index (χ4v) is 1.83. The van der Waals surface area contributed by atoms with Gasteiger partial charge < -0.3 is 5.11 Å². The Morgan fingerprint density at radius 3 is 2.57 bits per heavy atom. The molecule has 0 fully saturated rings. The summed E-state index contributed by atoms with van der Waals surface area (Å²) in [4.78, 5) is 22.0. The van der Waals surface area contributed by atoms with Gasteiger partial charge in [0.2, 0.25) is 0 Å². The highest BCUT2D eigenvalue weighted by Crippen LogP contribution is 2.15. The van der Waals surface area contributed by atoms with Crippen molar-refractivity contribution < 1.29 is 14.7 Å². The van der Waals surface area contributed by atoms with Crippen molar-refractivity contribution in [2.75, 3.05) is 5.33 Å². The molecule has 0 saturated heterocycles. The number of carbonyl (C=O) groups is 2. The fraction of sp³-hybridized carbons (Fsp3) is 0.111. The van der Waals surface area contributed by atoms with E-state index in [1.54, 1.807) is 12.1 Å². The third kappa shape index (κ3) is 2.54. The smallest absolute Gasteiger partial charge is 0.336 e. The molecule has 0 aliphatic carbocycles. The molecule has 0 saturated carbocycles. The molecule has 1 N–H and O–H groups in total. The number of halogens is 2. The lowest BCUT2D eigenvalue weighted by molar-refractivity contribution is 0.0695. The second kappa shape index (κ2) is 4.88. The van der Waals surface area contributed by atoms with Crippen molar-refractivity contribution in [2.45, 2.75) is 0 Å². The summed E-state index contributed by atoms with van der Waals surface area (Å²) >= 11 is 4.96. The van der Waals surface area contributed by atoms with Crippen LogP contribution in [0.15, 0.2) is 18.2 Å². The van der Waals surface area contributed by atoms with E-state index in [4.69, 9.17) is 5.11 Å². The van der Waals surface area contributed by atoms with E-state index in [0.717, 1.165) is 0 Å². The normalized spacial score (nSPS) is 9.86. The zero-order chi connectivity index (χ0) is 10.7. The molecular formula is C9H6BrIO3. The molecule has 3 nitrogen and oxygen atoms in total. The third-order valence-corrected chi connectivity index (χ3v) is 3.09. The van der Waals surface area contributed by atoms with Gasteiger partial charge in [-0.1, -0.05) is 22.0 Å². The molecular weight excluding hydrogens is 363 g/mol. The fourth-order valence-electron chi connectivity index (χ4n) is 0.940. The first kappa shape index (κ1) is 11.6. The van der Waals surface area contributed by atoms with Gasteiger partial charge in [-0.25, -0.2) is 4.79 Å². The number of carboxylic acid groups (broad SMARTS) is 1. The van der Waals surface area contributed by atoms with Gasteiger partial charge in [-0.05, 0) is 34.7 Å². The van der Waals surface area contributed by atoms with Gasteiger partial charge in [0.25, 0.3) is 0 Å². The Bertz CT molecular complexity index is 390. The minimum atomic E-state index is -1.02. The van der Waals surface area contributed by atoms with Crippen LogP contribution in [-0.2, 0) is 0 Å². The number of aromatic carboxylic acids is 1. The van der Waals surface area contributed by atoms with Crippen molar-refractivity contribution in [3.05, 3.63) is 32.9 Å². The topological polar surface area (TPSA) is 54.4 Å². The molecule has 1 aromatic rings. The highest BCUT2D eigenvalue weighted by Gasteiger charge is 2.11. The van der Waals surface area contributed by atoms with Crippen molar-refractivity contribution in [3.63, 3.8) is 0 Å². The van der Waals surface area contributed by atoms with E-state index in [1.807, 2.05) is 22.6 Å². The number of Topliss-reactive ketones (excluding diaryl/α,β-unsaturated/α-hetero) is 1. The maximum Gasteiger partial charge on any atom is 0.336 e. The Morgan fingerprint density at radius 2 is 2.07 bits per heavy atom. The minimum absolute atomic E-state index is 0.121. The number of hydrogen-bond acceptors (Lipinski definition) is 2. The Balaban J connectivity index is 3.19. The van der Waals surface area contributed by atoms with Crippen molar-refractivity contribution >= 4 is 50.3 Å². The van der Waals surface area contributed by atoms with Crippen LogP contribution in [0.5, 0.6) is 0 Å². The van der Waals surface area contributed by atoms with Crippen LogP contribution in [-0.4, -0.2) is 22.2 Å². The van der Waals surface area contributed by atoms with Crippen LogP contribution in [0.3, 0.4) is 0 Å². The summed E-state index contributed by atoms with van der Waals surface area (Å²) in [5, 5.41) is 9.02. The molecule has 0 amide bonds. The number of carbonyl (C=O) groups excluding carboxylic acids is 1. The van der Waals surface area contributed by atoms with E-state index in [0.29, 0.717) is 9.13 Å². The van der Waals surface area contributed by atoms with Crippen LogP contribution in [0.25, 0.3) is 0 Å². The molecule has 0 unspecified atom stereocenters. The predicted octanol–water partition coefficient (Wildman–Crippen LogP) is 2.57. The number of carboxylic acids is 1. The summed E-state index contributed by atoms with van der Waals surface area (Å²) in [6.07, 6.45) is 0. The van der Waals surface area contributed by atoms with E-state index in [1.165, 1.54) is 6.07 Å². The quantitative estimate of drug-likeness (QED) is 0.507. The minimum Gasteiger partial charge on any atom is -0.478 e. The average molecular weight is 369 g/mol. The van der Waals surface area contributed by atoms with Gasteiger partial charge in [0.1, 0.15) is 0 Å². The number of rotatable bonds is 3. The van der Waals surface area contributed by atoms with Gasteiger partial charge in [0.15, 0.2) is 5.78 Å². The van der Waals surface area contributed by atoms with Crippen LogP contribution in [0.2, 0.25) is 0 Å².